The molecule has 1 aromatic heterocycles. The van der Waals surface area contributed by atoms with Crippen LogP contribution in [0.5, 0.6) is 0 Å². The van der Waals surface area contributed by atoms with Crippen molar-refractivity contribution in [3.05, 3.63) is 22.2 Å². The van der Waals surface area contributed by atoms with Crippen molar-refractivity contribution >= 4 is 5.82 Å². The lowest BCUT2D eigenvalue weighted by Crippen LogP contribution is -2.60. The lowest BCUT2D eigenvalue weighted by Gasteiger charge is -2.40. The minimum absolute atomic E-state index is 0.0365. The highest BCUT2D eigenvalue weighted by molar-refractivity contribution is 5.42. The molecular weight excluding hydrogens is 286 g/mol. The molecule has 0 saturated carbocycles. The van der Waals surface area contributed by atoms with Gasteiger partial charge in [0.05, 0.1) is 13.2 Å². The number of aliphatic hydroxyl groups excluding tert-OH is 5. The molecule has 2 heterocycles. The van der Waals surface area contributed by atoms with Crippen LogP contribution in [0.1, 0.15) is 5.56 Å². The SMILES string of the molecule is O=c1nc(N[C@H]2O[C@H](CO)[C@@H](O)[C@H](O)[C@H]2O)c(CO)c[nH]1. The first-order valence-corrected chi connectivity index (χ1v) is 6.24. The number of hydrogen-bond donors (Lipinski definition) is 7. The van der Waals surface area contributed by atoms with Gasteiger partial charge in [0.1, 0.15) is 30.2 Å². The average Bonchev–Trinajstić information content (AvgIpc) is 2.48. The van der Waals surface area contributed by atoms with E-state index in [9.17, 15) is 20.1 Å². The number of rotatable bonds is 4. The minimum atomic E-state index is -1.55. The Morgan fingerprint density at radius 1 is 1.24 bits per heavy atom. The van der Waals surface area contributed by atoms with Crippen LogP contribution in [0.15, 0.2) is 11.0 Å². The maximum Gasteiger partial charge on any atom is 0.346 e. The van der Waals surface area contributed by atoms with E-state index in [1.165, 1.54) is 6.20 Å². The van der Waals surface area contributed by atoms with E-state index >= 15 is 0 Å². The number of aromatic nitrogens is 2. The average molecular weight is 303 g/mol. The zero-order valence-electron chi connectivity index (χ0n) is 10.9. The Kier molecular flexibility index (Phi) is 4.88. The van der Waals surface area contributed by atoms with Crippen molar-refractivity contribution in [1.29, 1.82) is 0 Å². The van der Waals surface area contributed by atoms with Crippen LogP contribution >= 0.6 is 0 Å². The monoisotopic (exact) mass is 303 g/mol. The van der Waals surface area contributed by atoms with Gasteiger partial charge >= 0.3 is 5.69 Å². The summed E-state index contributed by atoms with van der Waals surface area (Å²) in [6, 6.07) is 0. The maximum atomic E-state index is 11.2. The van der Waals surface area contributed by atoms with Crippen LogP contribution in [-0.2, 0) is 11.3 Å². The van der Waals surface area contributed by atoms with Gasteiger partial charge in [0.25, 0.3) is 0 Å². The molecule has 1 aliphatic rings. The van der Waals surface area contributed by atoms with Gasteiger partial charge in [-0.05, 0) is 0 Å². The van der Waals surface area contributed by atoms with Gasteiger partial charge in [0.15, 0.2) is 6.23 Å². The molecule has 0 amide bonds. The number of nitrogens with one attached hydrogen (secondary N) is 2. The van der Waals surface area contributed by atoms with E-state index in [1.54, 1.807) is 0 Å². The number of ether oxygens (including phenoxy) is 1. The Bertz CT molecular complexity index is 535. The van der Waals surface area contributed by atoms with Gasteiger partial charge in [-0.15, -0.1) is 0 Å². The predicted molar refractivity (Wildman–Crippen MR) is 68.2 cm³/mol. The topological polar surface area (TPSA) is 168 Å². The molecule has 2 rings (SSSR count). The number of aliphatic hydroxyl groups is 5. The second-order valence-corrected chi connectivity index (χ2v) is 4.63. The van der Waals surface area contributed by atoms with Gasteiger partial charge in [-0.2, -0.15) is 4.98 Å². The number of aromatic amines is 1. The molecule has 0 aromatic carbocycles. The van der Waals surface area contributed by atoms with E-state index in [0.29, 0.717) is 0 Å². The standard InChI is InChI=1S/C11H17N3O7/c15-2-4-1-12-11(20)14-9(4)13-10-8(19)7(18)6(17)5(3-16)21-10/h1,5-8,10,15-19H,2-3H2,(H2,12,13,14,20)/t5-,6-,7+,8-,10+/m1/s1. The van der Waals surface area contributed by atoms with Gasteiger partial charge in [-0.25, -0.2) is 4.79 Å². The summed E-state index contributed by atoms with van der Waals surface area (Å²) in [5.74, 6) is -0.0365. The largest absolute Gasteiger partial charge is 0.394 e. The third-order valence-electron chi connectivity index (χ3n) is 3.23. The van der Waals surface area contributed by atoms with E-state index in [0.717, 1.165) is 0 Å². The fourth-order valence-corrected chi connectivity index (χ4v) is 2.02. The summed E-state index contributed by atoms with van der Waals surface area (Å²) in [6.45, 7) is -0.998. The van der Waals surface area contributed by atoms with Crippen molar-refractivity contribution in [2.45, 2.75) is 37.3 Å². The quantitative estimate of drug-likeness (QED) is 0.298. The molecule has 0 bridgehead atoms. The van der Waals surface area contributed by atoms with Crippen LogP contribution in [0, 0.1) is 0 Å². The molecule has 0 radical (unpaired) electrons. The smallest absolute Gasteiger partial charge is 0.346 e. The summed E-state index contributed by atoms with van der Waals surface area (Å²) in [7, 11) is 0. The highest BCUT2D eigenvalue weighted by atomic mass is 16.6. The lowest BCUT2D eigenvalue weighted by atomic mass is 9.98. The normalized spacial score (nSPS) is 32.9. The molecule has 118 valence electrons. The highest BCUT2D eigenvalue weighted by Crippen LogP contribution is 2.22. The van der Waals surface area contributed by atoms with Crippen LogP contribution in [0.3, 0.4) is 0 Å². The second kappa shape index (κ2) is 6.47. The van der Waals surface area contributed by atoms with Crippen molar-refractivity contribution in [3.8, 4) is 0 Å². The Balaban J connectivity index is 2.22. The molecule has 1 aliphatic heterocycles. The first-order valence-electron chi connectivity index (χ1n) is 6.24. The molecule has 1 fully saturated rings. The molecule has 1 saturated heterocycles. The predicted octanol–water partition coefficient (Wildman–Crippen LogP) is -3.53. The molecule has 10 heteroatoms. The van der Waals surface area contributed by atoms with Gasteiger partial charge < -0.3 is 40.6 Å². The van der Waals surface area contributed by atoms with E-state index in [1.807, 2.05) is 0 Å². The van der Waals surface area contributed by atoms with Crippen molar-refractivity contribution in [2.75, 3.05) is 11.9 Å². The molecule has 0 unspecified atom stereocenters. The first-order chi connectivity index (χ1) is 9.97. The molecule has 10 nitrogen and oxygen atoms in total. The molecule has 5 atom stereocenters. The summed E-state index contributed by atoms with van der Waals surface area (Å²) in [5, 5.41) is 50.0. The number of hydrogen-bond acceptors (Lipinski definition) is 9. The minimum Gasteiger partial charge on any atom is -0.394 e. The third-order valence-corrected chi connectivity index (χ3v) is 3.23. The first kappa shape index (κ1) is 15.8. The number of anilines is 1. The third kappa shape index (κ3) is 3.20. The molecule has 1 aromatic rings. The zero-order chi connectivity index (χ0) is 15.6. The molecular formula is C11H17N3O7. The van der Waals surface area contributed by atoms with Gasteiger partial charge in [-0.3, -0.25) is 0 Å². The lowest BCUT2D eigenvalue weighted by molar-refractivity contribution is -0.221. The summed E-state index contributed by atoms with van der Waals surface area (Å²) in [5.41, 5.74) is -0.439. The molecule has 0 aliphatic carbocycles. The fraction of sp³-hybridized carbons (Fsp3) is 0.636. The van der Waals surface area contributed by atoms with Gasteiger partial charge in [0, 0.05) is 11.8 Å². The summed E-state index contributed by atoms with van der Waals surface area (Å²) >= 11 is 0. The van der Waals surface area contributed by atoms with Crippen LogP contribution in [0.4, 0.5) is 5.82 Å². The van der Waals surface area contributed by atoms with Gasteiger partial charge in [0.2, 0.25) is 0 Å². The van der Waals surface area contributed by atoms with Crippen molar-refractivity contribution in [2.24, 2.45) is 0 Å². The van der Waals surface area contributed by atoms with Crippen LogP contribution in [0.25, 0.3) is 0 Å². The Labute approximate surface area is 118 Å². The molecule has 21 heavy (non-hydrogen) atoms. The fourth-order valence-electron chi connectivity index (χ4n) is 2.02. The van der Waals surface area contributed by atoms with Crippen molar-refractivity contribution in [3.63, 3.8) is 0 Å². The Hall–Kier alpha value is -1.56. The molecule has 0 spiro atoms. The van der Waals surface area contributed by atoms with E-state index in [2.05, 4.69) is 15.3 Å². The highest BCUT2D eigenvalue weighted by Gasteiger charge is 2.43. The second-order valence-electron chi connectivity index (χ2n) is 4.63. The maximum absolute atomic E-state index is 11.2. The van der Waals surface area contributed by atoms with Crippen molar-refractivity contribution in [1.82, 2.24) is 9.97 Å². The summed E-state index contributed by atoms with van der Waals surface area (Å²) in [4.78, 5) is 17.1. The summed E-state index contributed by atoms with van der Waals surface area (Å²) < 4.78 is 5.22. The number of H-pyrrole nitrogens is 1. The van der Waals surface area contributed by atoms with Crippen LogP contribution in [0.2, 0.25) is 0 Å². The summed E-state index contributed by atoms with van der Waals surface area (Å²) in [6.07, 6.45) is -5.61. The van der Waals surface area contributed by atoms with Gasteiger partial charge in [-0.1, -0.05) is 0 Å². The Morgan fingerprint density at radius 2 is 1.95 bits per heavy atom. The molecule has 7 N–H and O–H groups in total. The van der Waals surface area contributed by atoms with E-state index in [-0.39, 0.29) is 11.4 Å². The van der Waals surface area contributed by atoms with Crippen molar-refractivity contribution < 1.29 is 30.3 Å². The number of nitrogens with zero attached hydrogens (tertiary/aromatic N) is 1. The van der Waals surface area contributed by atoms with Crippen LogP contribution < -0.4 is 11.0 Å². The van der Waals surface area contributed by atoms with E-state index in [4.69, 9.17) is 14.9 Å². The van der Waals surface area contributed by atoms with Crippen LogP contribution in [-0.4, -0.2) is 72.8 Å². The van der Waals surface area contributed by atoms with E-state index < -0.39 is 49.5 Å². The Morgan fingerprint density at radius 3 is 2.57 bits per heavy atom. The zero-order valence-corrected chi connectivity index (χ0v) is 10.9.